The number of carbonyl (C=O) groups is 1. The zero-order valence-electron chi connectivity index (χ0n) is 16.3. The molecular weight excluding hydrogens is 409 g/mol. The Hall–Kier alpha value is -2.60. The quantitative estimate of drug-likeness (QED) is 0.430. The molecule has 150 valence electrons. The molecule has 29 heavy (non-hydrogen) atoms. The lowest BCUT2D eigenvalue weighted by Gasteiger charge is -2.13. The van der Waals surface area contributed by atoms with Crippen LogP contribution in [0.2, 0.25) is 10.0 Å². The van der Waals surface area contributed by atoms with E-state index >= 15 is 0 Å². The Morgan fingerprint density at radius 1 is 1.14 bits per heavy atom. The molecule has 7 heteroatoms. The molecule has 0 spiro atoms. The maximum atomic E-state index is 12.4. The lowest BCUT2D eigenvalue weighted by Crippen LogP contribution is -2.26. The van der Waals surface area contributed by atoms with Crippen LogP contribution in [0.3, 0.4) is 0 Å². The fourth-order valence-corrected chi connectivity index (χ4v) is 3.69. The molecule has 0 unspecified atom stereocenters. The van der Waals surface area contributed by atoms with Gasteiger partial charge in [-0.15, -0.1) is 0 Å². The van der Waals surface area contributed by atoms with Gasteiger partial charge in [-0.1, -0.05) is 53.5 Å². The minimum Gasteiger partial charge on any atom is -0.367 e. The molecule has 1 amide bonds. The average Bonchev–Trinajstić information content (AvgIpc) is 2.97. The zero-order chi connectivity index (χ0) is 21.0. The summed E-state index contributed by atoms with van der Waals surface area (Å²) in [5.74, 6) is -0.343. The third-order valence-electron chi connectivity index (χ3n) is 4.58. The third-order valence-corrected chi connectivity index (χ3v) is 5.11. The van der Waals surface area contributed by atoms with Gasteiger partial charge in [0, 0.05) is 29.1 Å². The number of ether oxygens (including phenoxy) is 1. The Morgan fingerprint density at radius 2 is 1.86 bits per heavy atom. The number of halogens is 2. The number of hydrogen-bond acceptors (Lipinski definition) is 3. The number of hydrogen-bond donors (Lipinski definition) is 1. The second-order valence-corrected chi connectivity index (χ2v) is 7.36. The molecule has 1 aromatic heterocycles. The summed E-state index contributed by atoms with van der Waals surface area (Å²) in [4.78, 5) is 12.4. The minimum atomic E-state index is -0.728. The van der Waals surface area contributed by atoms with Crippen molar-refractivity contribution in [3.8, 4) is 5.69 Å². The summed E-state index contributed by atoms with van der Waals surface area (Å²) in [6.45, 7) is 3.94. The summed E-state index contributed by atoms with van der Waals surface area (Å²) in [5.41, 5.74) is 6.93. The number of carbonyl (C=O) groups excluding carboxylic acids is 1. The summed E-state index contributed by atoms with van der Waals surface area (Å²) in [5, 5.41) is 5.25. The van der Waals surface area contributed by atoms with E-state index in [0.29, 0.717) is 10.0 Å². The first kappa shape index (κ1) is 21.1. The molecule has 0 aliphatic carbocycles. The number of benzene rings is 2. The molecule has 1 N–H and O–H groups in total. The van der Waals surface area contributed by atoms with Crippen molar-refractivity contribution in [2.75, 3.05) is 7.11 Å². The van der Waals surface area contributed by atoms with E-state index in [-0.39, 0.29) is 5.91 Å². The molecule has 5 nitrogen and oxygen atoms in total. The highest BCUT2D eigenvalue weighted by molar-refractivity contribution is 6.35. The summed E-state index contributed by atoms with van der Waals surface area (Å²) in [6.07, 6.45) is 0.881. The number of aryl methyl sites for hydroxylation is 1. The maximum Gasteiger partial charge on any atom is 0.273 e. The van der Waals surface area contributed by atoms with Gasteiger partial charge in [0.15, 0.2) is 6.10 Å². The summed E-state index contributed by atoms with van der Waals surface area (Å²) in [7, 11) is 1.49. The predicted molar refractivity (Wildman–Crippen MR) is 117 cm³/mol. The first-order valence-corrected chi connectivity index (χ1v) is 9.73. The Balaban J connectivity index is 1.79. The molecule has 1 atom stereocenters. The highest BCUT2D eigenvalue weighted by atomic mass is 35.5. The van der Waals surface area contributed by atoms with Gasteiger partial charge in [0.25, 0.3) is 5.91 Å². The van der Waals surface area contributed by atoms with E-state index in [2.05, 4.69) is 10.5 Å². The van der Waals surface area contributed by atoms with Crippen LogP contribution in [0.1, 0.15) is 28.6 Å². The first-order valence-electron chi connectivity index (χ1n) is 8.97. The van der Waals surface area contributed by atoms with Crippen molar-refractivity contribution in [2.24, 2.45) is 5.10 Å². The minimum absolute atomic E-state index is 0.343. The SMILES string of the molecule is CO[C@H](C(=O)N/N=C\c1cc(C)n(-c2ccc(Cl)cc2Cl)c1C)c1ccccc1. The number of aromatic nitrogens is 1. The number of hydrazone groups is 1. The van der Waals surface area contributed by atoms with Crippen molar-refractivity contribution < 1.29 is 9.53 Å². The van der Waals surface area contributed by atoms with Crippen LogP contribution in [-0.4, -0.2) is 23.8 Å². The van der Waals surface area contributed by atoms with E-state index in [0.717, 1.165) is 28.2 Å². The Bertz CT molecular complexity index is 1050. The van der Waals surface area contributed by atoms with E-state index in [1.807, 2.05) is 60.9 Å². The summed E-state index contributed by atoms with van der Waals surface area (Å²) in [6, 6.07) is 16.6. The standard InChI is InChI=1S/C22H21Cl2N3O2/c1-14-11-17(15(2)27(14)20-10-9-18(23)12-19(20)24)13-25-26-22(28)21(29-3)16-7-5-4-6-8-16/h4-13,21H,1-3H3,(H,26,28)/b25-13-/t21-/m0/s1. The fourth-order valence-electron chi connectivity index (χ4n) is 3.20. The second-order valence-electron chi connectivity index (χ2n) is 6.52. The maximum absolute atomic E-state index is 12.4. The third kappa shape index (κ3) is 4.70. The molecule has 0 aliphatic rings. The molecule has 0 bridgehead atoms. The molecule has 0 saturated heterocycles. The van der Waals surface area contributed by atoms with E-state index in [4.69, 9.17) is 27.9 Å². The van der Waals surface area contributed by atoms with Crippen LogP contribution >= 0.6 is 23.2 Å². The smallest absolute Gasteiger partial charge is 0.273 e. The van der Waals surface area contributed by atoms with Crippen LogP contribution in [0.4, 0.5) is 0 Å². The van der Waals surface area contributed by atoms with Gasteiger partial charge in [-0.2, -0.15) is 5.10 Å². The highest BCUT2D eigenvalue weighted by Crippen LogP contribution is 2.28. The fraction of sp³-hybridized carbons (Fsp3) is 0.182. The van der Waals surface area contributed by atoms with Gasteiger partial charge in [0.1, 0.15) is 0 Å². The van der Waals surface area contributed by atoms with Crippen molar-refractivity contribution in [2.45, 2.75) is 20.0 Å². The van der Waals surface area contributed by atoms with E-state index in [9.17, 15) is 4.79 Å². The molecule has 3 aromatic rings. The molecule has 0 fully saturated rings. The monoisotopic (exact) mass is 429 g/mol. The lowest BCUT2D eigenvalue weighted by atomic mass is 10.1. The van der Waals surface area contributed by atoms with Crippen LogP contribution < -0.4 is 5.43 Å². The van der Waals surface area contributed by atoms with Gasteiger partial charge in [-0.05, 0) is 43.7 Å². The van der Waals surface area contributed by atoms with E-state index in [1.54, 1.807) is 18.3 Å². The normalized spacial score (nSPS) is 12.3. The average molecular weight is 430 g/mol. The van der Waals surface area contributed by atoms with Gasteiger partial charge in [-0.3, -0.25) is 4.79 Å². The molecule has 1 heterocycles. The molecule has 0 radical (unpaired) electrons. The number of amides is 1. The Morgan fingerprint density at radius 3 is 2.52 bits per heavy atom. The molecule has 0 saturated carbocycles. The van der Waals surface area contributed by atoms with Crippen LogP contribution in [0.25, 0.3) is 5.69 Å². The van der Waals surface area contributed by atoms with Crippen molar-refractivity contribution in [1.29, 1.82) is 0 Å². The number of methoxy groups -OCH3 is 1. The van der Waals surface area contributed by atoms with Crippen molar-refractivity contribution in [1.82, 2.24) is 9.99 Å². The lowest BCUT2D eigenvalue weighted by molar-refractivity contribution is -0.131. The van der Waals surface area contributed by atoms with E-state index < -0.39 is 6.10 Å². The zero-order valence-corrected chi connectivity index (χ0v) is 17.8. The van der Waals surface area contributed by atoms with Crippen molar-refractivity contribution in [3.05, 3.63) is 87.2 Å². The molecule has 2 aromatic carbocycles. The van der Waals surface area contributed by atoms with Gasteiger partial charge in [-0.25, -0.2) is 5.43 Å². The van der Waals surface area contributed by atoms with Gasteiger partial charge >= 0.3 is 0 Å². The number of nitrogens with one attached hydrogen (secondary N) is 1. The highest BCUT2D eigenvalue weighted by Gasteiger charge is 2.19. The van der Waals surface area contributed by atoms with Crippen LogP contribution in [0.15, 0.2) is 59.7 Å². The molecule has 3 rings (SSSR count). The molecule has 0 aliphatic heterocycles. The molecular formula is C22H21Cl2N3O2. The van der Waals surface area contributed by atoms with Gasteiger partial charge < -0.3 is 9.30 Å². The van der Waals surface area contributed by atoms with E-state index in [1.165, 1.54) is 7.11 Å². The predicted octanol–water partition coefficient (Wildman–Crippen LogP) is 5.24. The number of rotatable bonds is 6. The van der Waals surface area contributed by atoms with Gasteiger partial charge in [0.2, 0.25) is 0 Å². The topological polar surface area (TPSA) is 55.6 Å². The Kier molecular flexibility index (Phi) is 6.75. The van der Waals surface area contributed by atoms with Gasteiger partial charge in [0.05, 0.1) is 16.9 Å². The first-order chi connectivity index (χ1) is 13.9. The summed E-state index contributed by atoms with van der Waals surface area (Å²) >= 11 is 12.4. The number of nitrogens with zero attached hydrogens (tertiary/aromatic N) is 2. The largest absolute Gasteiger partial charge is 0.367 e. The van der Waals surface area contributed by atoms with Crippen molar-refractivity contribution in [3.63, 3.8) is 0 Å². The summed E-state index contributed by atoms with van der Waals surface area (Å²) < 4.78 is 7.33. The second kappa shape index (κ2) is 9.27. The Labute approximate surface area is 179 Å². The van der Waals surface area contributed by atoms with Crippen molar-refractivity contribution >= 4 is 35.3 Å². The van der Waals surface area contributed by atoms with Crippen LogP contribution in [0, 0.1) is 13.8 Å². The van der Waals surface area contributed by atoms with Crippen LogP contribution in [-0.2, 0) is 9.53 Å². The van der Waals surface area contributed by atoms with Crippen LogP contribution in [0.5, 0.6) is 0 Å².